The Hall–Kier alpha value is -1.59. The van der Waals surface area contributed by atoms with E-state index in [9.17, 15) is 9.18 Å². The SMILES string of the molecule is CC1(N)CCCCC1C(=O)NCCc1c[nH]c2cc(F)ccc12.Cl. The number of aromatic amines is 1. The van der Waals surface area contributed by atoms with Gasteiger partial charge in [-0.2, -0.15) is 0 Å². The van der Waals surface area contributed by atoms with Crippen molar-refractivity contribution in [3.8, 4) is 0 Å². The summed E-state index contributed by atoms with van der Waals surface area (Å²) in [6.45, 7) is 2.54. The standard InChI is InChI=1S/C18H24FN3O.ClH/c1-18(20)8-3-2-4-15(18)17(23)21-9-7-12-11-22-16-10-13(19)5-6-14(12)16;/h5-6,10-11,15,22H,2-4,7-9,20H2,1H3,(H,21,23);1H. The lowest BCUT2D eigenvalue weighted by atomic mass is 9.74. The lowest BCUT2D eigenvalue weighted by molar-refractivity contribution is -0.128. The number of benzene rings is 1. The highest BCUT2D eigenvalue weighted by atomic mass is 35.5. The highest BCUT2D eigenvalue weighted by Crippen LogP contribution is 2.31. The molecule has 0 saturated heterocycles. The number of carbonyl (C=O) groups excluding carboxylic acids is 1. The predicted octanol–water partition coefficient (Wildman–Crippen LogP) is 3.30. The Morgan fingerprint density at radius 2 is 2.25 bits per heavy atom. The minimum atomic E-state index is -0.402. The Morgan fingerprint density at radius 1 is 1.46 bits per heavy atom. The number of nitrogens with one attached hydrogen (secondary N) is 2. The third-order valence-electron chi connectivity index (χ3n) is 4.99. The van der Waals surface area contributed by atoms with Crippen molar-refractivity contribution >= 4 is 29.2 Å². The van der Waals surface area contributed by atoms with Gasteiger partial charge in [0.25, 0.3) is 0 Å². The van der Waals surface area contributed by atoms with Gasteiger partial charge in [-0.1, -0.05) is 12.8 Å². The van der Waals surface area contributed by atoms with Crippen LogP contribution in [0.5, 0.6) is 0 Å². The fourth-order valence-corrected chi connectivity index (χ4v) is 3.60. The van der Waals surface area contributed by atoms with Crippen LogP contribution in [0.3, 0.4) is 0 Å². The summed E-state index contributed by atoms with van der Waals surface area (Å²) in [5.41, 5.74) is 7.74. The Morgan fingerprint density at radius 3 is 3.00 bits per heavy atom. The Labute approximate surface area is 147 Å². The van der Waals surface area contributed by atoms with Crippen molar-refractivity contribution in [1.29, 1.82) is 0 Å². The molecule has 132 valence electrons. The molecule has 0 spiro atoms. The lowest BCUT2D eigenvalue weighted by Crippen LogP contribution is -2.53. The van der Waals surface area contributed by atoms with Gasteiger partial charge in [-0.3, -0.25) is 4.79 Å². The van der Waals surface area contributed by atoms with Crippen molar-refractivity contribution in [2.45, 2.75) is 44.6 Å². The largest absolute Gasteiger partial charge is 0.361 e. The summed E-state index contributed by atoms with van der Waals surface area (Å²) in [6, 6.07) is 4.72. The monoisotopic (exact) mass is 353 g/mol. The second-order valence-corrected chi connectivity index (χ2v) is 6.85. The van der Waals surface area contributed by atoms with Crippen LogP contribution in [0, 0.1) is 11.7 Å². The Balaban J connectivity index is 0.00000208. The molecule has 1 aromatic heterocycles. The van der Waals surface area contributed by atoms with Gasteiger partial charge in [0.1, 0.15) is 5.82 Å². The number of nitrogens with two attached hydrogens (primary N) is 1. The summed E-state index contributed by atoms with van der Waals surface area (Å²) in [5, 5.41) is 4.02. The maximum absolute atomic E-state index is 13.2. The molecular formula is C18H25ClFN3O. The molecular weight excluding hydrogens is 329 g/mol. The fraction of sp³-hybridized carbons (Fsp3) is 0.500. The van der Waals surface area contributed by atoms with E-state index in [1.54, 1.807) is 6.07 Å². The number of carbonyl (C=O) groups is 1. The van der Waals surface area contributed by atoms with Crippen molar-refractivity contribution in [3.63, 3.8) is 0 Å². The van der Waals surface area contributed by atoms with Crippen LogP contribution in [0.25, 0.3) is 10.9 Å². The van der Waals surface area contributed by atoms with Crippen LogP contribution in [0.1, 0.15) is 38.2 Å². The smallest absolute Gasteiger partial charge is 0.224 e. The zero-order valence-corrected chi connectivity index (χ0v) is 14.7. The van der Waals surface area contributed by atoms with Crippen molar-refractivity contribution in [2.24, 2.45) is 11.7 Å². The van der Waals surface area contributed by atoms with Crippen molar-refractivity contribution in [3.05, 3.63) is 35.8 Å². The van der Waals surface area contributed by atoms with Crippen molar-refractivity contribution < 1.29 is 9.18 Å². The second-order valence-electron chi connectivity index (χ2n) is 6.85. The zero-order valence-electron chi connectivity index (χ0n) is 13.9. The first-order valence-electron chi connectivity index (χ1n) is 8.29. The van der Waals surface area contributed by atoms with Gasteiger partial charge in [-0.15, -0.1) is 12.4 Å². The first kappa shape index (κ1) is 18.7. The molecule has 1 aromatic carbocycles. The number of H-pyrrole nitrogens is 1. The first-order chi connectivity index (χ1) is 11.0. The molecule has 1 amide bonds. The molecule has 1 heterocycles. The maximum atomic E-state index is 13.2. The van der Waals surface area contributed by atoms with Gasteiger partial charge in [0.15, 0.2) is 0 Å². The van der Waals surface area contributed by atoms with Crippen molar-refractivity contribution in [1.82, 2.24) is 10.3 Å². The average molecular weight is 354 g/mol. The number of amides is 1. The van der Waals surface area contributed by atoms with E-state index in [0.29, 0.717) is 13.0 Å². The number of rotatable bonds is 4. The number of hydrogen-bond acceptors (Lipinski definition) is 2. The van der Waals surface area contributed by atoms with Crippen LogP contribution in [-0.2, 0) is 11.2 Å². The van der Waals surface area contributed by atoms with E-state index in [1.807, 2.05) is 13.1 Å². The van der Waals surface area contributed by atoms with Crippen LogP contribution < -0.4 is 11.1 Å². The highest BCUT2D eigenvalue weighted by Gasteiger charge is 2.37. The molecule has 1 aliphatic carbocycles. The van der Waals surface area contributed by atoms with Gasteiger partial charge in [0.05, 0.1) is 5.92 Å². The molecule has 0 aliphatic heterocycles. The van der Waals surface area contributed by atoms with E-state index < -0.39 is 5.54 Å². The van der Waals surface area contributed by atoms with Crippen molar-refractivity contribution in [2.75, 3.05) is 6.54 Å². The van der Waals surface area contributed by atoms with Crippen LogP contribution in [0.4, 0.5) is 4.39 Å². The molecule has 4 nitrogen and oxygen atoms in total. The van der Waals surface area contributed by atoms with Gasteiger partial charge >= 0.3 is 0 Å². The van der Waals surface area contributed by atoms with Gasteiger partial charge in [-0.25, -0.2) is 4.39 Å². The molecule has 2 aromatic rings. The molecule has 1 aliphatic rings. The van der Waals surface area contributed by atoms with Crippen LogP contribution in [-0.4, -0.2) is 23.0 Å². The zero-order chi connectivity index (χ0) is 16.4. The number of halogens is 2. The van der Waals surface area contributed by atoms with E-state index in [0.717, 1.165) is 42.1 Å². The van der Waals surface area contributed by atoms with E-state index in [1.165, 1.54) is 12.1 Å². The van der Waals surface area contributed by atoms with Crippen LogP contribution in [0.2, 0.25) is 0 Å². The summed E-state index contributed by atoms with van der Waals surface area (Å²) >= 11 is 0. The van der Waals surface area contributed by atoms with E-state index in [2.05, 4.69) is 10.3 Å². The fourth-order valence-electron chi connectivity index (χ4n) is 3.60. The molecule has 2 unspecified atom stereocenters. The van der Waals surface area contributed by atoms with Crippen LogP contribution in [0.15, 0.2) is 24.4 Å². The molecule has 4 N–H and O–H groups in total. The Bertz CT molecular complexity index is 713. The van der Waals surface area contributed by atoms with E-state index >= 15 is 0 Å². The van der Waals surface area contributed by atoms with E-state index in [4.69, 9.17) is 5.73 Å². The quantitative estimate of drug-likeness (QED) is 0.789. The van der Waals surface area contributed by atoms with Crippen LogP contribution >= 0.6 is 12.4 Å². The number of aromatic nitrogens is 1. The summed E-state index contributed by atoms with van der Waals surface area (Å²) in [4.78, 5) is 15.5. The minimum absolute atomic E-state index is 0. The van der Waals surface area contributed by atoms with Gasteiger partial charge < -0.3 is 16.0 Å². The molecule has 2 atom stereocenters. The molecule has 6 heteroatoms. The molecule has 0 bridgehead atoms. The number of fused-ring (bicyclic) bond motifs is 1. The third kappa shape index (κ3) is 3.90. The average Bonchev–Trinajstić information content (AvgIpc) is 2.89. The molecule has 3 rings (SSSR count). The highest BCUT2D eigenvalue weighted by molar-refractivity contribution is 5.85. The number of hydrogen-bond donors (Lipinski definition) is 3. The maximum Gasteiger partial charge on any atom is 0.224 e. The topological polar surface area (TPSA) is 70.9 Å². The summed E-state index contributed by atoms with van der Waals surface area (Å²) in [5.74, 6) is -0.298. The molecule has 1 saturated carbocycles. The normalized spacial score (nSPS) is 23.7. The lowest BCUT2D eigenvalue weighted by Gasteiger charge is -2.37. The molecule has 1 fully saturated rings. The summed E-state index contributed by atoms with van der Waals surface area (Å²) < 4.78 is 13.2. The predicted molar refractivity (Wildman–Crippen MR) is 96.8 cm³/mol. The second kappa shape index (κ2) is 7.53. The van der Waals surface area contributed by atoms with E-state index in [-0.39, 0.29) is 30.0 Å². The summed E-state index contributed by atoms with van der Waals surface area (Å²) in [6.07, 6.45) is 6.53. The van der Waals surface area contributed by atoms with Gasteiger partial charge in [0.2, 0.25) is 5.91 Å². The third-order valence-corrected chi connectivity index (χ3v) is 4.99. The molecule has 0 radical (unpaired) electrons. The van der Waals surface area contributed by atoms with Gasteiger partial charge in [-0.05, 0) is 49.9 Å². The Kier molecular flexibility index (Phi) is 5.88. The first-order valence-corrected chi connectivity index (χ1v) is 8.29. The summed E-state index contributed by atoms with van der Waals surface area (Å²) in [7, 11) is 0. The molecule has 24 heavy (non-hydrogen) atoms. The minimum Gasteiger partial charge on any atom is -0.361 e. The van der Waals surface area contributed by atoms with Gasteiger partial charge in [0, 0.05) is 29.2 Å².